The summed E-state index contributed by atoms with van der Waals surface area (Å²) in [7, 11) is 0. The van der Waals surface area contributed by atoms with Crippen LogP contribution >= 0.6 is 0 Å². The quantitative estimate of drug-likeness (QED) is 0.873. The van der Waals surface area contributed by atoms with Crippen LogP contribution in [0.5, 0.6) is 0 Å². The normalized spacial score (nSPS) is 19.1. The number of aromatic nitrogens is 2. The third kappa shape index (κ3) is 4.05. The summed E-state index contributed by atoms with van der Waals surface area (Å²) in [5.74, 6) is 2.50. The van der Waals surface area contributed by atoms with E-state index in [-0.39, 0.29) is 0 Å². The molecule has 3 rings (SSSR count). The highest BCUT2D eigenvalue weighted by Gasteiger charge is 2.19. The second-order valence-corrected chi connectivity index (χ2v) is 6.95. The summed E-state index contributed by atoms with van der Waals surface area (Å²) in [5.41, 5.74) is 2.13. The molecule has 4 nitrogen and oxygen atoms in total. The molecule has 0 saturated carbocycles. The molecule has 0 bridgehead atoms. The minimum atomic E-state index is 0.365. The molecule has 2 unspecified atom stereocenters. The van der Waals surface area contributed by atoms with Gasteiger partial charge in [-0.2, -0.15) is 4.98 Å². The predicted octanol–water partition coefficient (Wildman–Crippen LogP) is 4.59. The Labute approximate surface area is 145 Å². The Morgan fingerprint density at radius 2 is 2.04 bits per heavy atom. The van der Waals surface area contributed by atoms with Gasteiger partial charge in [-0.05, 0) is 32.1 Å². The fourth-order valence-corrected chi connectivity index (χ4v) is 3.14. The van der Waals surface area contributed by atoms with Crippen LogP contribution in [-0.4, -0.2) is 29.1 Å². The maximum Gasteiger partial charge on any atom is 0.225 e. The van der Waals surface area contributed by atoms with Gasteiger partial charge in [0.1, 0.15) is 5.82 Å². The van der Waals surface area contributed by atoms with Crippen molar-refractivity contribution in [2.24, 2.45) is 5.92 Å². The highest BCUT2D eigenvalue weighted by Crippen LogP contribution is 2.27. The lowest BCUT2D eigenvalue weighted by Crippen LogP contribution is -2.35. The third-order valence-electron chi connectivity index (χ3n) is 4.75. The van der Waals surface area contributed by atoms with Crippen molar-refractivity contribution >= 4 is 11.8 Å². The van der Waals surface area contributed by atoms with Crippen LogP contribution in [0, 0.1) is 5.92 Å². The fourth-order valence-electron chi connectivity index (χ4n) is 3.14. The number of hydrogen-bond donors (Lipinski definition) is 1. The molecule has 2 atom stereocenters. The zero-order valence-electron chi connectivity index (χ0n) is 15.0. The monoisotopic (exact) mass is 324 g/mol. The van der Waals surface area contributed by atoms with Gasteiger partial charge in [-0.3, -0.25) is 0 Å². The van der Waals surface area contributed by atoms with Crippen molar-refractivity contribution < 1.29 is 0 Å². The first-order valence-corrected chi connectivity index (χ1v) is 9.11. The summed E-state index contributed by atoms with van der Waals surface area (Å²) < 4.78 is 0. The van der Waals surface area contributed by atoms with Crippen LogP contribution in [-0.2, 0) is 0 Å². The van der Waals surface area contributed by atoms with Gasteiger partial charge in [0.15, 0.2) is 0 Å². The van der Waals surface area contributed by atoms with Crippen LogP contribution in [0.4, 0.5) is 11.8 Å². The van der Waals surface area contributed by atoms with Crippen LogP contribution in [0.3, 0.4) is 0 Å². The molecule has 1 N–H and O–H groups in total. The Kier molecular flexibility index (Phi) is 5.34. The molecule has 1 aliphatic heterocycles. The second kappa shape index (κ2) is 7.65. The number of benzene rings is 1. The van der Waals surface area contributed by atoms with Crippen molar-refractivity contribution in [3.8, 4) is 11.3 Å². The van der Waals surface area contributed by atoms with Crippen molar-refractivity contribution in [3.63, 3.8) is 0 Å². The van der Waals surface area contributed by atoms with Gasteiger partial charge >= 0.3 is 0 Å². The molecule has 2 heterocycles. The van der Waals surface area contributed by atoms with Crippen molar-refractivity contribution in [3.05, 3.63) is 36.4 Å². The van der Waals surface area contributed by atoms with Crippen molar-refractivity contribution in [1.82, 2.24) is 9.97 Å². The summed E-state index contributed by atoms with van der Waals surface area (Å²) in [4.78, 5) is 12.0. The van der Waals surface area contributed by atoms with E-state index in [0.717, 1.165) is 48.5 Å². The standard InChI is InChI=1S/C20H28N4/c1-4-16(3)21-20-22-18(17-10-6-5-7-11-17)13-19(23-20)24-12-8-9-15(2)14-24/h5-7,10-11,13,15-16H,4,8-9,12,14H2,1-3H3,(H,21,22,23). The molecule has 0 aliphatic carbocycles. The molecule has 24 heavy (non-hydrogen) atoms. The van der Waals surface area contributed by atoms with Gasteiger partial charge in [0.25, 0.3) is 0 Å². The first-order valence-electron chi connectivity index (χ1n) is 9.11. The number of hydrogen-bond acceptors (Lipinski definition) is 4. The van der Waals surface area contributed by atoms with E-state index >= 15 is 0 Å². The Hall–Kier alpha value is -2.10. The van der Waals surface area contributed by atoms with Crippen molar-refractivity contribution in [2.45, 2.75) is 46.1 Å². The molecule has 1 aromatic heterocycles. The van der Waals surface area contributed by atoms with Gasteiger partial charge in [0, 0.05) is 30.8 Å². The summed E-state index contributed by atoms with van der Waals surface area (Å²) in [6, 6.07) is 12.9. The van der Waals surface area contributed by atoms with Gasteiger partial charge in [0.2, 0.25) is 5.95 Å². The van der Waals surface area contributed by atoms with E-state index in [1.807, 2.05) is 6.07 Å². The Balaban J connectivity index is 1.96. The number of nitrogens with one attached hydrogen (secondary N) is 1. The molecular weight excluding hydrogens is 296 g/mol. The smallest absolute Gasteiger partial charge is 0.225 e. The average Bonchev–Trinajstić information content (AvgIpc) is 2.62. The first kappa shape index (κ1) is 16.7. The van der Waals surface area contributed by atoms with Crippen LogP contribution in [0.15, 0.2) is 36.4 Å². The molecule has 0 spiro atoms. The summed E-state index contributed by atoms with van der Waals surface area (Å²) in [6.07, 6.45) is 3.60. The van der Waals surface area contributed by atoms with Gasteiger partial charge in [0.05, 0.1) is 5.69 Å². The Morgan fingerprint density at radius 1 is 1.25 bits per heavy atom. The molecule has 1 fully saturated rings. The van der Waals surface area contributed by atoms with Gasteiger partial charge in [-0.25, -0.2) is 4.98 Å². The van der Waals surface area contributed by atoms with E-state index in [1.54, 1.807) is 0 Å². The van der Waals surface area contributed by atoms with E-state index in [2.05, 4.69) is 61.3 Å². The zero-order valence-corrected chi connectivity index (χ0v) is 15.0. The van der Waals surface area contributed by atoms with E-state index < -0.39 is 0 Å². The van der Waals surface area contributed by atoms with Crippen molar-refractivity contribution in [2.75, 3.05) is 23.3 Å². The number of anilines is 2. The van der Waals surface area contributed by atoms with Crippen LogP contribution in [0.1, 0.15) is 40.0 Å². The second-order valence-electron chi connectivity index (χ2n) is 6.95. The minimum absolute atomic E-state index is 0.365. The lowest BCUT2D eigenvalue weighted by molar-refractivity contribution is 0.444. The molecule has 1 aliphatic rings. The van der Waals surface area contributed by atoms with Gasteiger partial charge in [-0.15, -0.1) is 0 Å². The topological polar surface area (TPSA) is 41.1 Å². The van der Waals surface area contributed by atoms with Crippen LogP contribution < -0.4 is 10.2 Å². The van der Waals surface area contributed by atoms with Gasteiger partial charge < -0.3 is 10.2 Å². The molecule has 1 aromatic carbocycles. The molecule has 0 radical (unpaired) electrons. The predicted molar refractivity (Wildman–Crippen MR) is 101 cm³/mol. The van der Waals surface area contributed by atoms with Crippen LogP contribution in [0.25, 0.3) is 11.3 Å². The highest BCUT2D eigenvalue weighted by molar-refractivity contribution is 5.65. The van der Waals surface area contributed by atoms with Gasteiger partial charge in [-0.1, -0.05) is 44.2 Å². The first-order chi connectivity index (χ1) is 11.7. The summed E-state index contributed by atoms with van der Waals surface area (Å²) in [5, 5.41) is 3.44. The fraction of sp³-hybridized carbons (Fsp3) is 0.500. The Morgan fingerprint density at radius 3 is 2.75 bits per heavy atom. The average molecular weight is 324 g/mol. The lowest BCUT2D eigenvalue weighted by atomic mass is 10.0. The summed E-state index contributed by atoms with van der Waals surface area (Å²) >= 11 is 0. The number of nitrogens with zero attached hydrogens (tertiary/aromatic N) is 3. The number of piperidine rings is 1. The molecule has 128 valence electrons. The highest BCUT2D eigenvalue weighted by atomic mass is 15.2. The van der Waals surface area contributed by atoms with E-state index in [0.29, 0.717) is 6.04 Å². The number of rotatable bonds is 5. The third-order valence-corrected chi connectivity index (χ3v) is 4.75. The zero-order chi connectivity index (χ0) is 16.9. The van der Waals surface area contributed by atoms with Crippen molar-refractivity contribution in [1.29, 1.82) is 0 Å². The molecule has 4 heteroatoms. The van der Waals surface area contributed by atoms with E-state index in [1.165, 1.54) is 12.8 Å². The lowest BCUT2D eigenvalue weighted by Gasteiger charge is -2.32. The summed E-state index contributed by atoms with van der Waals surface area (Å²) in [6.45, 7) is 8.82. The maximum atomic E-state index is 4.81. The van der Waals surface area contributed by atoms with E-state index in [4.69, 9.17) is 9.97 Å². The molecule has 0 amide bonds. The minimum Gasteiger partial charge on any atom is -0.356 e. The molecule has 2 aromatic rings. The molecular formula is C20H28N4. The SMILES string of the molecule is CCC(C)Nc1nc(-c2ccccc2)cc(N2CCCC(C)C2)n1. The molecule has 1 saturated heterocycles. The van der Waals surface area contributed by atoms with E-state index in [9.17, 15) is 0 Å². The Bertz CT molecular complexity index is 656. The van der Waals surface area contributed by atoms with Crippen LogP contribution in [0.2, 0.25) is 0 Å². The maximum absolute atomic E-state index is 4.81. The largest absolute Gasteiger partial charge is 0.356 e.